The van der Waals surface area contributed by atoms with E-state index in [0.717, 1.165) is 6.42 Å². The van der Waals surface area contributed by atoms with E-state index < -0.39 is 16.9 Å². The Morgan fingerprint density at radius 3 is 2.74 bits per heavy atom. The fourth-order valence-electron chi connectivity index (χ4n) is 2.05. The number of aliphatic imine (C=N–C) groups is 1. The molecule has 0 saturated heterocycles. The molecule has 0 bridgehead atoms. The molecule has 1 atom stereocenters. The number of amides is 1. The van der Waals surface area contributed by atoms with Gasteiger partial charge in [0.2, 0.25) is 0 Å². The van der Waals surface area contributed by atoms with E-state index in [1.165, 1.54) is 19.2 Å². The summed E-state index contributed by atoms with van der Waals surface area (Å²) in [5, 5.41) is 4.42. The molecular weight excluding hydrogens is 378 g/mol. The van der Waals surface area contributed by atoms with Crippen molar-refractivity contribution in [3.05, 3.63) is 58.9 Å². The van der Waals surface area contributed by atoms with Gasteiger partial charge in [-0.2, -0.15) is 0 Å². The van der Waals surface area contributed by atoms with Gasteiger partial charge in [-0.05, 0) is 25.6 Å². The molecule has 0 aromatic carbocycles. The number of carbonyl (C=O) groups excluding carboxylic acids is 1. The lowest BCUT2D eigenvalue weighted by Crippen LogP contribution is -2.38. The maximum atomic E-state index is 13.2. The van der Waals surface area contributed by atoms with E-state index in [0.29, 0.717) is 6.54 Å². The van der Waals surface area contributed by atoms with Gasteiger partial charge in [0.15, 0.2) is 5.76 Å². The molecule has 1 rings (SSSR count). The predicted octanol–water partition coefficient (Wildman–Crippen LogP) is 3.93. The normalized spacial score (nSPS) is 18.1. The highest BCUT2D eigenvalue weighted by molar-refractivity contribution is 6.32. The first-order chi connectivity index (χ1) is 12.7. The molecule has 2 N–H and O–H groups in total. The van der Waals surface area contributed by atoms with Crippen LogP contribution in [-0.4, -0.2) is 30.1 Å². The van der Waals surface area contributed by atoms with Crippen molar-refractivity contribution in [2.45, 2.75) is 33.3 Å². The Kier molecular flexibility index (Phi) is 8.74. The van der Waals surface area contributed by atoms with Gasteiger partial charge in [-0.1, -0.05) is 46.7 Å². The van der Waals surface area contributed by atoms with Gasteiger partial charge >= 0.3 is 0 Å². The lowest BCUT2D eigenvalue weighted by Gasteiger charge is -2.29. The molecule has 0 radical (unpaired) electrons. The largest absolute Gasteiger partial charge is 0.484 e. The quantitative estimate of drug-likeness (QED) is 0.280. The van der Waals surface area contributed by atoms with Gasteiger partial charge < -0.3 is 15.4 Å². The second-order valence-electron chi connectivity index (χ2n) is 5.55. The summed E-state index contributed by atoms with van der Waals surface area (Å²) in [7, 11) is 0. The summed E-state index contributed by atoms with van der Waals surface area (Å²) in [6.07, 6.45) is 4.51. The third-order valence-electron chi connectivity index (χ3n) is 3.41. The number of rotatable bonds is 8. The molecule has 0 aliphatic carbocycles. The van der Waals surface area contributed by atoms with Crippen molar-refractivity contribution < 1.29 is 18.5 Å². The van der Waals surface area contributed by atoms with Crippen LogP contribution in [0.2, 0.25) is 0 Å². The SMILES string of the molecule is C=C(C(=O)NC(=C)/C(Cl)=C\N=C/CC)C1=C(/C(=C\C)N(F)F)O[C@@H](C)CN1. The van der Waals surface area contributed by atoms with E-state index in [1.807, 2.05) is 6.92 Å². The summed E-state index contributed by atoms with van der Waals surface area (Å²) in [6, 6.07) is 0. The summed E-state index contributed by atoms with van der Waals surface area (Å²) >= 11 is 6.00. The molecule has 27 heavy (non-hydrogen) atoms. The summed E-state index contributed by atoms with van der Waals surface area (Å²) in [6.45, 7) is 12.7. The highest BCUT2D eigenvalue weighted by Gasteiger charge is 2.29. The fourth-order valence-corrected chi connectivity index (χ4v) is 2.16. The molecule has 1 heterocycles. The maximum Gasteiger partial charge on any atom is 0.257 e. The van der Waals surface area contributed by atoms with Crippen LogP contribution in [0.4, 0.5) is 8.96 Å². The Bertz CT molecular complexity index is 727. The van der Waals surface area contributed by atoms with Crippen molar-refractivity contribution in [2.75, 3.05) is 6.54 Å². The van der Waals surface area contributed by atoms with Gasteiger partial charge in [0.25, 0.3) is 5.91 Å². The molecule has 0 spiro atoms. The molecule has 0 unspecified atom stereocenters. The number of carbonyl (C=O) groups is 1. The smallest absolute Gasteiger partial charge is 0.257 e. The van der Waals surface area contributed by atoms with Crippen molar-refractivity contribution in [1.82, 2.24) is 16.0 Å². The summed E-state index contributed by atoms with van der Waals surface area (Å²) in [4.78, 5) is 16.4. The monoisotopic (exact) mass is 400 g/mol. The highest BCUT2D eigenvalue weighted by atomic mass is 35.5. The van der Waals surface area contributed by atoms with Crippen molar-refractivity contribution in [3.63, 3.8) is 0 Å². The molecular formula is C18H23ClF2N4O2. The van der Waals surface area contributed by atoms with Crippen molar-refractivity contribution >= 4 is 23.7 Å². The maximum absolute atomic E-state index is 13.2. The van der Waals surface area contributed by atoms with Gasteiger partial charge in [0.1, 0.15) is 11.8 Å². The summed E-state index contributed by atoms with van der Waals surface area (Å²) in [5.41, 5.74) is -0.410. The van der Waals surface area contributed by atoms with Crippen molar-refractivity contribution in [2.24, 2.45) is 4.99 Å². The Balaban J connectivity index is 3.06. The van der Waals surface area contributed by atoms with Gasteiger partial charge in [-0.15, -0.1) is 0 Å². The second kappa shape index (κ2) is 10.5. The number of ether oxygens (including phenoxy) is 1. The second-order valence-corrected chi connectivity index (χ2v) is 5.96. The van der Waals surface area contributed by atoms with Crippen LogP contribution < -0.4 is 10.6 Å². The van der Waals surface area contributed by atoms with Crippen molar-refractivity contribution in [1.29, 1.82) is 0 Å². The molecule has 0 fully saturated rings. The zero-order valence-electron chi connectivity index (χ0n) is 15.5. The minimum Gasteiger partial charge on any atom is -0.484 e. The molecule has 1 amide bonds. The van der Waals surface area contributed by atoms with E-state index in [1.54, 1.807) is 13.1 Å². The van der Waals surface area contributed by atoms with Crippen LogP contribution in [0, 0.1) is 0 Å². The summed E-state index contributed by atoms with van der Waals surface area (Å²) in [5.74, 6) is -0.829. The first kappa shape index (κ1) is 22.4. The molecule has 1 aliphatic heterocycles. The zero-order valence-corrected chi connectivity index (χ0v) is 16.2. The molecule has 0 saturated carbocycles. The lowest BCUT2D eigenvalue weighted by atomic mass is 10.1. The van der Waals surface area contributed by atoms with Crippen molar-refractivity contribution in [3.8, 4) is 0 Å². The van der Waals surface area contributed by atoms with Crippen LogP contribution >= 0.6 is 11.6 Å². The third-order valence-corrected chi connectivity index (χ3v) is 3.73. The van der Waals surface area contributed by atoms with Gasteiger partial charge in [0, 0.05) is 12.4 Å². The van der Waals surface area contributed by atoms with Gasteiger partial charge in [0.05, 0.1) is 28.5 Å². The van der Waals surface area contributed by atoms with Crippen LogP contribution in [0.3, 0.4) is 0 Å². The first-order valence-corrected chi connectivity index (χ1v) is 8.61. The number of hydrogen-bond donors (Lipinski definition) is 2. The van der Waals surface area contributed by atoms with Crippen LogP contribution in [0.1, 0.15) is 27.2 Å². The van der Waals surface area contributed by atoms with Crippen LogP contribution in [0.5, 0.6) is 0 Å². The Morgan fingerprint density at radius 2 is 2.19 bits per heavy atom. The van der Waals surface area contributed by atoms with E-state index in [4.69, 9.17) is 16.3 Å². The number of hydrogen-bond acceptors (Lipinski definition) is 5. The molecule has 148 valence electrons. The molecule has 0 aromatic heterocycles. The van der Waals surface area contributed by atoms with E-state index in [9.17, 15) is 13.8 Å². The molecule has 0 aromatic rings. The molecule has 6 nitrogen and oxygen atoms in total. The standard InChI is InChI=1S/C18H23ClF2N4O2/c1-6-8-22-10-14(19)13(5)24-18(26)12(4)16-17(15(7-2)25(20)21)27-11(3)9-23-16/h7-8,10-11,23H,4-6,9H2,1-3H3,(H,24,26)/b14-10+,15-7+,22-8-/t11-/m0/s1. The fraction of sp³-hybridized carbons (Fsp3) is 0.333. The van der Waals surface area contributed by atoms with Crippen LogP contribution in [0.15, 0.2) is 63.9 Å². The van der Waals surface area contributed by atoms with E-state index in [2.05, 4.69) is 28.8 Å². The molecule has 1 aliphatic rings. The number of halogens is 3. The van der Waals surface area contributed by atoms with Gasteiger partial charge in [-0.3, -0.25) is 9.79 Å². The average Bonchev–Trinajstić information content (AvgIpc) is 2.61. The molecule has 9 heteroatoms. The number of nitrogens with one attached hydrogen (secondary N) is 2. The Labute approximate surface area is 162 Å². The minimum atomic E-state index is -1.08. The Hall–Kier alpha value is -2.61. The third kappa shape index (κ3) is 6.25. The van der Waals surface area contributed by atoms with E-state index >= 15 is 0 Å². The first-order valence-electron chi connectivity index (χ1n) is 8.23. The topological polar surface area (TPSA) is 66.0 Å². The highest BCUT2D eigenvalue weighted by Crippen LogP contribution is 2.28. The number of nitrogens with zero attached hydrogens (tertiary/aromatic N) is 2. The van der Waals surface area contributed by atoms with Crippen LogP contribution in [-0.2, 0) is 9.53 Å². The zero-order chi connectivity index (χ0) is 20.6. The Morgan fingerprint density at radius 1 is 1.52 bits per heavy atom. The summed E-state index contributed by atoms with van der Waals surface area (Å²) < 4.78 is 31.8. The average molecular weight is 401 g/mol. The number of allylic oxidation sites excluding steroid dienone is 2. The van der Waals surface area contributed by atoms with Gasteiger partial charge in [-0.25, -0.2) is 0 Å². The van der Waals surface area contributed by atoms with Crippen LogP contribution in [0.25, 0.3) is 0 Å². The predicted molar refractivity (Wildman–Crippen MR) is 103 cm³/mol. The lowest BCUT2D eigenvalue weighted by molar-refractivity contribution is -0.122. The van der Waals surface area contributed by atoms with E-state index in [-0.39, 0.29) is 33.9 Å². The minimum absolute atomic E-state index is 0.0657.